The number of likely N-dealkylation sites (tertiary alicyclic amines) is 1. The topological polar surface area (TPSA) is 49.8 Å². The van der Waals surface area contributed by atoms with Crippen LogP contribution in [0.15, 0.2) is 18.2 Å². The molecule has 1 saturated heterocycles. The number of nitrogens with zero attached hydrogens (tertiary/aromatic N) is 1. The molecule has 3 atom stereocenters. The van der Waals surface area contributed by atoms with Gasteiger partial charge in [-0.15, -0.1) is 0 Å². The van der Waals surface area contributed by atoms with Gasteiger partial charge in [0.1, 0.15) is 11.6 Å². The highest BCUT2D eigenvalue weighted by atomic mass is 19.1. The summed E-state index contributed by atoms with van der Waals surface area (Å²) in [6, 6.07) is 4.77. The maximum Gasteiger partial charge on any atom is 0.306 e. The van der Waals surface area contributed by atoms with Gasteiger partial charge in [0.05, 0.1) is 13.0 Å². The fraction of sp³-hybridized carbons (Fsp3) is 0.562. The molecule has 1 heterocycles. The van der Waals surface area contributed by atoms with Crippen LogP contribution in [-0.2, 0) is 4.79 Å². The van der Waals surface area contributed by atoms with E-state index in [0.29, 0.717) is 30.7 Å². The Morgan fingerprint density at radius 2 is 2.24 bits per heavy atom. The first kappa shape index (κ1) is 15.8. The zero-order valence-electron chi connectivity index (χ0n) is 12.7. The van der Waals surface area contributed by atoms with Crippen molar-refractivity contribution in [1.29, 1.82) is 0 Å². The Bertz CT molecular complexity index is 520. The summed E-state index contributed by atoms with van der Waals surface area (Å²) in [6.45, 7) is 4.59. The average Bonchev–Trinajstić information content (AvgIpc) is 2.46. The second-order valence-electron chi connectivity index (χ2n) is 5.68. The fourth-order valence-electron chi connectivity index (χ4n) is 3.26. The SMILES string of the molecule is COc1cccc(F)c1C(C)N1CCC(C(=O)O)CC1C. The largest absolute Gasteiger partial charge is 0.496 e. The van der Waals surface area contributed by atoms with E-state index in [1.54, 1.807) is 12.1 Å². The van der Waals surface area contributed by atoms with Gasteiger partial charge < -0.3 is 9.84 Å². The lowest BCUT2D eigenvalue weighted by molar-refractivity contribution is -0.144. The van der Waals surface area contributed by atoms with Gasteiger partial charge in [0.25, 0.3) is 0 Å². The smallest absolute Gasteiger partial charge is 0.306 e. The first-order chi connectivity index (χ1) is 9.95. The van der Waals surface area contributed by atoms with Crippen LogP contribution in [0.2, 0.25) is 0 Å². The molecule has 0 aliphatic carbocycles. The molecule has 4 nitrogen and oxygen atoms in total. The van der Waals surface area contributed by atoms with E-state index in [-0.39, 0.29) is 23.8 Å². The van der Waals surface area contributed by atoms with E-state index in [1.807, 2.05) is 13.8 Å². The molecule has 2 rings (SSSR count). The van der Waals surface area contributed by atoms with Gasteiger partial charge in [-0.05, 0) is 45.4 Å². The van der Waals surface area contributed by atoms with Crippen molar-refractivity contribution in [3.63, 3.8) is 0 Å². The standard InChI is InChI=1S/C16H22FNO3/c1-10-9-12(16(19)20)7-8-18(10)11(2)15-13(17)5-4-6-14(15)21-3/h4-6,10-12H,7-9H2,1-3H3,(H,19,20). The molecule has 1 aliphatic rings. The van der Waals surface area contributed by atoms with E-state index in [2.05, 4.69) is 4.90 Å². The number of ether oxygens (including phenoxy) is 1. The summed E-state index contributed by atoms with van der Waals surface area (Å²) < 4.78 is 19.4. The lowest BCUT2D eigenvalue weighted by Gasteiger charge is -2.40. The maximum absolute atomic E-state index is 14.2. The maximum atomic E-state index is 14.2. The number of rotatable bonds is 4. The number of hydrogen-bond donors (Lipinski definition) is 1. The predicted molar refractivity (Wildman–Crippen MR) is 77.9 cm³/mol. The molecule has 0 aromatic heterocycles. The molecule has 1 fully saturated rings. The monoisotopic (exact) mass is 295 g/mol. The molecule has 1 aliphatic heterocycles. The van der Waals surface area contributed by atoms with Crippen molar-refractivity contribution < 1.29 is 19.0 Å². The molecule has 1 aromatic carbocycles. The summed E-state index contributed by atoms with van der Waals surface area (Å²) in [5.41, 5.74) is 0.542. The highest BCUT2D eigenvalue weighted by molar-refractivity contribution is 5.70. The molecule has 5 heteroatoms. The highest BCUT2D eigenvalue weighted by Crippen LogP contribution is 2.36. The fourth-order valence-corrected chi connectivity index (χ4v) is 3.26. The number of methoxy groups -OCH3 is 1. The van der Waals surface area contributed by atoms with Crippen LogP contribution in [0, 0.1) is 11.7 Å². The summed E-state index contributed by atoms with van der Waals surface area (Å²) in [5.74, 6) is -0.784. The average molecular weight is 295 g/mol. The van der Waals surface area contributed by atoms with Crippen LogP contribution in [0.1, 0.15) is 38.3 Å². The van der Waals surface area contributed by atoms with Gasteiger partial charge in [0, 0.05) is 17.6 Å². The van der Waals surface area contributed by atoms with Gasteiger partial charge in [0.2, 0.25) is 0 Å². The van der Waals surface area contributed by atoms with Crippen molar-refractivity contribution in [3.05, 3.63) is 29.6 Å². The van der Waals surface area contributed by atoms with Gasteiger partial charge in [-0.1, -0.05) is 6.07 Å². The van der Waals surface area contributed by atoms with E-state index < -0.39 is 5.97 Å². The molecular formula is C16H22FNO3. The van der Waals surface area contributed by atoms with E-state index >= 15 is 0 Å². The number of aliphatic carboxylic acids is 1. The first-order valence-electron chi connectivity index (χ1n) is 7.26. The Morgan fingerprint density at radius 3 is 2.81 bits per heavy atom. The molecular weight excluding hydrogens is 273 g/mol. The zero-order chi connectivity index (χ0) is 15.6. The minimum absolute atomic E-state index is 0.0964. The van der Waals surface area contributed by atoms with Crippen LogP contribution in [0.4, 0.5) is 4.39 Å². The molecule has 0 amide bonds. The summed E-state index contributed by atoms with van der Waals surface area (Å²) in [7, 11) is 1.53. The Hall–Kier alpha value is -1.62. The number of benzene rings is 1. The van der Waals surface area contributed by atoms with Crippen molar-refractivity contribution in [3.8, 4) is 5.75 Å². The van der Waals surface area contributed by atoms with Crippen molar-refractivity contribution in [2.45, 2.75) is 38.8 Å². The third-order valence-electron chi connectivity index (χ3n) is 4.42. The summed E-state index contributed by atoms with van der Waals surface area (Å²) in [4.78, 5) is 13.3. The highest BCUT2D eigenvalue weighted by Gasteiger charge is 2.34. The summed E-state index contributed by atoms with van der Waals surface area (Å²) in [6.07, 6.45) is 1.19. The summed E-state index contributed by atoms with van der Waals surface area (Å²) in [5, 5.41) is 9.13. The third-order valence-corrected chi connectivity index (χ3v) is 4.42. The van der Waals surface area contributed by atoms with Crippen LogP contribution in [-0.4, -0.2) is 35.7 Å². The molecule has 21 heavy (non-hydrogen) atoms. The van der Waals surface area contributed by atoms with Gasteiger partial charge in [-0.25, -0.2) is 4.39 Å². The van der Waals surface area contributed by atoms with Gasteiger partial charge >= 0.3 is 5.97 Å². The molecule has 116 valence electrons. The second kappa shape index (κ2) is 6.43. The zero-order valence-corrected chi connectivity index (χ0v) is 12.7. The lowest BCUT2D eigenvalue weighted by Crippen LogP contribution is -2.44. The molecule has 0 spiro atoms. The van der Waals surface area contributed by atoms with Crippen molar-refractivity contribution in [2.75, 3.05) is 13.7 Å². The van der Waals surface area contributed by atoms with Crippen LogP contribution in [0.3, 0.4) is 0 Å². The van der Waals surface area contributed by atoms with Crippen LogP contribution in [0.25, 0.3) is 0 Å². The van der Waals surface area contributed by atoms with Crippen LogP contribution >= 0.6 is 0 Å². The molecule has 0 saturated carbocycles. The van der Waals surface area contributed by atoms with Crippen molar-refractivity contribution in [1.82, 2.24) is 4.90 Å². The second-order valence-corrected chi connectivity index (χ2v) is 5.68. The summed E-state index contributed by atoms with van der Waals surface area (Å²) >= 11 is 0. The van der Waals surface area contributed by atoms with E-state index in [1.165, 1.54) is 13.2 Å². The number of carbonyl (C=O) groups is 1. The molecule has 1 aromatic rings. The van der Waals surface area contributed by atoms with Crippen molar-refractivity contribution >= 4 is 5.97 Å². The number of hydrogen-bond acceptors (Lipinski definition) is 3. The lowest BCUT2D eigenvalue weighted by atomic mass is 9.89. The number of halogens is 1. The number of carboxylic acids is 1. The molecule has 0 bridgehead atoms. The van der Waals surface area contributed by atoms with Crippen molar-refractivity contribution in [2.24, 2.45) is 5.92 Å². The van der Waals surface area contributed by atoms with E-state index in [0.717, 1.165) is 0 Å². The van der Waals surface area contributed by atoms with E-state index in [4.69, 9.17) is 9.84 Å². The van der Waals surface area contributed by atoms with E-state index in [9.17, 15) is 9.18 Å². The molecule has 1 N–H and O–H groups in total. The van der Waals surface area contributed by atoms with Gasteiger partial charge in [-0.3, -0.25) is 9.69 Å². The Kier molecular flexibility index (Phi) is 4.83. The van der Waals surface area contributed by atoms with Crippen LogP contribution in [0.5, 0.6) is 5.75 Å². The third kappa shape index (κ3) is 3.18. The minimum Gasteiger partial charge on any atom is -0.496 e. The quantitative estimate of drug-likeness (QED) is 0.927. The van der Waals surface area contributed by atoms with Crippen LogP contribution < -0.4 is 4.74 Å². The number of piperidine rings is 1. The normalized spacial score (nSPS) is 24.6. The first-order valence-corrected chi connectivity index (χ1v) is 7.26. The Morgan fingerprint density at radius 1 is 1.52 bits per heavy atom. The van der Waals surface area contributed by atoms with Gasteiger partial charge in [-0.2, -0.15) is 0 Å². The minimum atomic E-state index is -0.738. The molecule has 3 unspecified atom stereocenters. The Labute approximate surface area is 124 Å². The number of carboxylic acid groups (broad SMARTS) is 1. The molecule has 0 radical (unpaired) electrons. The Balaban J connectivity index is 2.21. The van der Waals surface area contributed by atoms with Gasteiger partial charge in [0.15, 0.2) is 0 Å². The predicted octanol–water partition coefficient (Wildman–Crippen LogP) is 3.08.